The van der Waals surface area contributed by atoms with E-state index in [2.05, 4.69) is 118 Å². The number of ether oxygens (including phenoxy) is 3. The molecule has 0 fully saturated rings. The monoisotopic (exact) mass is 889 g/mol. The molecule has 0 N–H and O–H groups in total. The van der Waals surface area contributed by atoms with Gasteiger partial charge in [0.2, 0.25) is 0 Å². The van der Waals surface area contributed by atoms with E-state index in [-0.39, 0.29) is 31.1 Å². The van der Waals surface area contributed by atoms with Gasteiger partial charge in [-0.05, 0) is 96.3 Å². The molecule has 0 aliphatic carbocycles. The summed E-state index contributed by atoms with van der Waals surface area (Å²) < 4.78 is 16.8. The minimum atomic E-state index is -0.795. The van der Waals surface area contributed by atoms with Crippen molar-refractivity contribution in [2.24, 2.45) is 0 Å². The number of carbonyl (C=O) groups is 3. The molecule has 6 nitrogen and oxygen atoms in total. The lowest BCUT2D eigenvalue weighted by Crippen LogP contribution is -2.30. The first-order valence-corrected chi connectivity index (χ1v) is 26.3. The zero-order chi connectivity index (χ0) is 46.5. The van der Waals surface area contributed by atoms with Gasteiger partial charge in [0.25, 0.3) is 0 Å². The third-order valence-corrected chi connectivity index (χ3v) is 10.9. The topological polar surface area (TPSA) is 78.9 Å². The van der Waals surface area contributed by atoms with Crippen molar-refractivity contribution < 1.29 is 28.6 Å². The molecule has 0 spiro atoms. The van der Waals surface area contributed by atoms with E-state index in [0.29, 0.717) is 19.3 Å². The van der Waals surface area contributed by atoms with Gasteiger partial charge in [-0.25, -0.2) is 0 Å². The molecule has 64 heavy (non-hydrogen) atoms. The van der Waals surface area contributed by atoms with Crippen LogP contribution in [0.15, 0.2) is 97.2 Å². The molecule has 0 heterocycles. The molecule has 0 rings (SSSR count). The molecule has 0 radical (unpaired) electrons. The first-order valence-electron chi connectivity index (χ1n) is 26.3. The molecule has 1 unspecified atom stereocenters. The molecule has 1 atom stereocenters. The molecule has 0 saturated heterocycles. The van der Waals surface area contributed by atoms with E-state index in [1.807, 2.05) is 0 Å². The van der Waals surface area contributed by atoms with Crippen molar-refractivity contribution in [1.29, 1.82) is 0 Å². The zero-order valence-corrected chi connectivity index (χ0v) is 41.5. The first-order chi connectivity index (χ1) is 31.5. The summed E-state index contributed by atoms with van der Waals surface area (Å²) in [6.45, 7) is 6.33. The molecule has 0 aliphatic rings. The van der Waals surface area contributed by atoms with E-state index in [0.717, 1.165) is 109 Å². The Kier molecular flexibility index (Phi) is 49.0. The maximum atomic E-state index is 12.8. The fourth-order valence-electron chi connectivity index (χ4n) is 6.98. The van der Waals surface area contributed by atoms with Crippen molar-refractivity contribution in [3.8, 4) is 0 Å². The maximum Gasteiger partial charge on any atom is 0.306 e. The van der Waals surface area contributed by atoms with Crippen molar-refractivity contribution in [3.63, 3.8) is 0 Å². The lowest BCUT2D eigenvalue weighted by Gasteiger charge is -2.18. The largest absolute Gasteiger partial charge is 0.462 e. The predicted molar refractivity (Wildman–Crippen MR) is 274 cm³/mol. The minimum absolute atomic E-state index is 0.0940. The first kappa shape index (κ1) is 60.3. The zero-order valence-electron chi connectivity index (χ0n) is 41.5. The molecule has 364 valence electrons. The summed E-state index contributed by atoms with van der Waals surface area (Å²) in [7, 11) is 0. The molecule has 0 aromatic rings. The molecule has 0 amide bonds. The van der Waals surface area contributed by atoms with Gasteiger partial charge in [-0.1, -0.05) is 214 Å². The van der Waals surface area contributed by atoms with E-state index >= 15 is 0 Å². The number of hydrogen-bond acceptors (Lipinski definition) is 6. The molecular weight excluding hydrogens is 793 g/mol. The van der Waals surface area contributed by atoms with Crippen LogP contribution in [0.25, 0.3) is 0 Å². The maximum absolute atomic E-state index is 12.8. The van der Waals surface area contributed by atoms with Gasteiger partial charge in [-0.15, -0.1) is 0 Å². The Morgan fingerprint density at radius 2 is 0.688 bits per heavy atom. The summed E-state index contributed by atoms with van der Waals surface area (Å²) in [5, 5.41) is 0. The van der Waals surface area contributed by atoms with Gasteiger partial charge in [0.1, 0.15) is 13.2 Å². The van der Waals surface area contributed by atoms with Gasteiger partial charge >= 0.3 is 17.9 Å². The summed E-state index contributed by atoms with van der Waals surface area (Å²) in [6, 6.07) is 0. The summed E-state index contributed by atoms with van der Waals surface area (Å²) in [5.74, 6) is -0.932. The highest BCUT2D eigenvalue weighted by molar-refractivity contribution is 5.71. The highest BCUT2D eigenvalue weighted by Gasteiger charge is 2.19. The number of hydrogen-bond donors (Lipinski definition) is 0. The Balaban J connectivity index is 4.45. The van der Waals surface area contributed by atoms with Gasteiger partial charge in [-0.2, -0.15) is 0 Å². The van der Waals surface area contributed by atoms with Crippen molar-refractivity contribution >= 4 is 17.9 Å². The summed E-state index contributed by atoms with van der Waals surface area (Å²) >= 11 is 0. The quantitative estimate of drug-likeness (QED) is 0.0199. The van der Waals surface area contributed by atoms with Crippen molar-refractivity contribution in [2.45, 2.75) is 239 Å². The normalized spacial score (nSPS) is 12.9. The van der Waals surface area contributed by atoms with E-state index in [1.54, 1.807) is 0 Å². The smallest absolute Gasteiger partial charge is 0.306 e. The van der Waals surface area contributed by atoms with Crippen LogP contribution < -0.4 is 0 Å². The lowest BCUT2D eigenvalue weighted by molar-refractivity contribution is -0.167. The highest BCUT2D eigenvalue weighted by Crippen LogP contribution is 2.14. The van der Waals surface area contributed by atoms with Crippen LogP contribution in [-0.2, 0) is 28.6 Å². The molecular formula is C58H96O6. The minimum Gasteiger partial charge on any atom is -0.462 e. The van der Waals surface area contributed by atoms with Gasteiger partial charge in [0, 0.05) is 19.3 Å². The second-order valence-corrected chi connectivity index (χ2v) is 17.1. The van der Waals surface area contributed by atoms with E-state index in [4.69, 9.17) is 14.2 Å². The van der Waals surface area contributed by atoms with E-state index < -0.39 is 6.10 Å². The van der Waals surface area contributed by atoms with Crippen LogP contribution in [0.4, 0.5) is 0 Å². The van der Waals surface area contributed by atoms with Crippen LogP contribution in [0.1, 0.15) is 233 Å². The Hall–Kier alpha value is -3.67. The lowest BCUT2D eigenvalue weighted by atomic mass is 10.1. The number of unbranched alkanes of at least 4 members (excludes halogenated alkanes) is 22. The number of rotatable bonds is 46. The SMILES string of the molecule is CC\C=C/C=C\C=C/CCCCCCCCCC(=O)OC(COC(=O)CCCCCCCC/C=C\C=C/CCCCC)COC(=O)CCCCCCCC/C=C\C/C=C\C/C=C\CC. The van der Waals surface area contributed by atoms with Gasteiger partial charge in [0.05, 0.1) is 0 Å². The third-order valence-electron chi connectivity index (χ3n) is 10.9. The molecule has 0 aliphatic heterocycles. The third kappa shape index (κ3) is 49.3. The molecule has 0 aromatic heterocycles. The fourth-order valence-corrected chi connectivity index (χ4v) is 6.98. The van der Waals surface area contributed by atoms with Crippen LogP contribution in [0.5, 0.6) is 0 Å². The Labute approximate surface area is 394 Å². The molecule has 6 heteroatoms. The second-order valence-electron chi connectivity index (χ2n) is 17.1. The predicted octanol–water partition coefficient (Wildman–Crippen LogP) is 17.4. The van der Waals surface area contributed by atoms with E-state index in [1.165, 1.54) is 83.5 Å². The Bertz CT molecular complexity index is 1300. The van der Waals surface area contributed by atoms with Crippen LogP contribution in [0, 0.1) is 0 Å². The van der Waals surface area contributed by atoms with E-state index in [9.17, 15) is 14.4 Å². The van der Waals surface area contributed by atoms with Crippen LogP contribution in [0.2, 0.25) is 0 Å². The molecule has 0 bridgehead atoms. The van der Waals surface area contributed by atoms with Crippen molar-refractivity contribution in [1.82, 2.24) is 0 Å². The number of allylic oxidation sites excluding steroid dienone is 16. The summed E-state index contributed by atoms with van der Waals surface area (Å²) in [5.41, 5.74) is 0. The van der Waals surface area contributed by atoms with Crippen molar-refractivity contribution in [2.75, 3.05) is 13.2 Å². The standard InChI is InChI=1S/C58H96O6/c1-4-7-10-13-16-19-22-25-28-31-33-36-39-42-45-48-51-57(60)63-54-55(64-58(61)52-49-46-43-40-37-34-30-27-24-21-18-15-12-9-6-3)53-62-56(59)50-47-44-41-38-35-32-29-26-23-20-17-14-11-8-5-2/h7,9-10,12,15-21,23-26,28,55H,4-6,8,11,13-14,22,27,29-54H2,1-3H3/b10-7-,12-9-,18-15-,19-16-,20-17-,24-21-,26-23-,28-25-. The van der Waals surface area contributed by atoms with Crippen LogP contribution in [0.3, 0.4) is 0 Å². The summed E-state index contributed by atoms with van der Waals surface area (Å²) in [4.78, 5) is 38.0. The Morgan fingerprint density at radius 3 is 1.14 bits per heavy atom. The van der Waals surface area contributed by atoms with Gasteiger partial charge in [0.15, 0.2) is 6.10 Å². The second kappa shape index (κ2) is 52.0. The molecule has 0 aromatic carbocycles. The number of carbonyl (C=O) groups excluding carboxylic acids is 3. The Morgan fingerprint density at radius 1 is 0.344 bits per heavy atom. The average molecular weight is 889 g/mol. The summed E-state index contributed by atoms with van der Waals surface area (Å²) in [6.07, 6.45) is 68.1. The number of esters is 3. The average Bonchev–Trinajstić information content (AvgIpc) is 3.29. The van der Waals surface area contributed by atoms with Crippen molar-refractivity contribution in [3.05, 3.63) is 97.2 Å². The van der Waals surface area contributed by atoms with Gasteiger partial charge < -0.3 is 14.2 Å². The molecule has 0 saturated carbocycles. The van der Waals surface area contributed by atoms with Crippen LogP contribution >= 0.6 is 0 Å². The highest BCUT2D eigenvalue weighted by atomic mass is 16.6. The fraction of sp³-hybridized carbons (Fsp3) is 0.672. The van der Waals surface area contributed by atoms with Crippen LogP contribution in [-0.4, -0.2) is 37.2 Å². The van der Waals surface area contributed by atoms with Gasteiger partial charge in [-0.3, -0.25) is 14.4 Å².